The number of rotatable bonds is 5. The summed E-state index contributed by atoms with van der Waals surface area (Å²) in [4.78, 5) is 25.3. The van der Waals surface area contributed by atoms with Crippen molar-refractivity contribution in [3.8, 4) is 0 Å². The standard InChI is InChI=1S/C15H20N2O6S/c1-3-16-24(21,22)11-5-4-10(2)12(8-11)14(18)17-6-7-23-9-13(17)15(19)20/h4-5,8,13,16H,3,6-7,9H2,1-2H3,(H,19,20). The Balaban J connectivity index is 2.40. The molecule has 0 radical (unpaired) electrons. The van der Waals surface area contributed by atoms with E-state index in [2.05, 4.69) is 4.72 Å². The zero-order chi connectivity index (χ0) is 17.9. The number of aryl methyl sites for hydroxylation is 1. The molecule has 1 amide bonds. The van der Waals surface area contributed by atoms with Gasteiger partial charge in [0, 0.05) is 18.7 Å². The van der Waals surface area contributed by atoms with Gasteiger partial charge in [0.15, 0.2) is 6.04 Å². The van der Waals surface area contributed by atoms with Crippen molar-refractivity contribution in [3.05, 3.63) is 29.3 Å². The first-order valence-corrected chi connectivity index (χ1v) is 8.98. The molecule has 0 aliphatic carbocycles. The molecule has 132 valence electrons. The summed E-state index contributed by atoms with van der Waals surface area (Å²) in [6.07, 6.45) is 0. The molecule has 1 heterocycles. The molecular weight excluding hydrogens is 336 g/mol. The summed E-state index contributed by atoms with van der Waals surface area (Å²) in [5, 5.41) is 9.25. The monoisotopic (exact) mass is 356 g/mol. The van der Waals surface area contributed by atoms with E-state index in [0.717, 1.165) is 0 Å². The lowest BCUT2D eigenvalue weighted by Crippen LogP contribution is -2.52. The average Bonchev–Trinajstić information content (AvgIpc) is 2.54. The molecule has 1 atom stereocenters. The number of carbonyl (C=O) groups is 2. The van der Waals surface area contributed by atoms with E-state index in [-0.39, 0.29) is 36.8 Å². The molecule has 0 spiro atoms. The minimum atomic E-state index is -3.71. The van der Waals surface area contributed by atoms with Gasteiger partial charge >= 0.3 is 5.97 Å². The third kappa shape index (κ3) is 3.74. The van der Waals surface area contributed by atoms with Crippen LogP contribution in [-0.2, 0) is 19.6 Å². The van der Waals surface area contributed by atoms with E-state index in [4.69, 9.17) is 4.74 Å². The number of carbonyl (C=O) groups excluding carboxylic acids is 1. The van der Waals surface area contributed by atoms with Gasteiger partial charge in [-0.05, 0) is 24.6 Å². The van der Waals surface area contributed by atoms with Gasteiger partial charge in [-0.15, -0.1) is 0 Å². The van der Waals surface area contributed by atoms with Gasteiger partial charge in [0.2, 0.25) is 10.0 Å². The van der Waals surface area contributed by atoms with E-state index < -0.39 is 27.9 Å². The number of morpholine rings is 1. The average molecular weight is 356 g/mol. The zero-order valence-corrected chi connectivity index (χ0v) is 14.3. The Hall–Kier alpha value is -1.97. The van der Waals surface area contributed by atoms with Crippen LogP contribution in [0.5, 0.6) is 0 Å². The first-order valence-electron chi connectivity index (χ1n) is 7.49. The number of carboxylic acids is 1. The van der Waals surface area contributed by atoms with Gasteiger partial charge in [-0.1, -0.05) is 13.0 Å². The molecule has 1 unspecified atom stereocenters. The van der Waals surface area contributed by atoms with Crippen LogP contribution in [0.15, 0.2) is 23.1 Å². The van der Waals surface area contributed by atoms with Crippen molar-refractivity contribution in [3.63, 3.8) is 0 Å². The maximum absolute atomic E-state index is 12.8. The molecule has 1 aliphatic heterocycles. The maximum Gasteiger partial charge on any atom is 0.328 e. The van der Waals surface area contributed by atoms with Gasteiger partial charge in [-0.3, -0.25) is 4.79 Å². The molecule has 0 aromatic heterocycles. The third-order valence-electron chi connectivity index (χ3n) is 3.76. The van der Waals surface area contributed by atoms with Crippen LogP contribution in [0.2, 0.25) is 0 Å². The molecule has 0 bridgehead atoms. The minimum absolute atomic E-state index is 0.0292. The highest BCUT2D eigenvalue weighted by molar-refractivity contribution is 7.89. The molecule has 1 fully saturated rings. The fourth-order valence-corrected chi connectivity index (χ4v) is 3.55. The molecule has 24 heavy (non-hydrogen) atoms. The number of aliphatic carboxylic acids is 1. The quantitative estimate of drug-likeness (QED) is 0.780. The van der Waals surface area contributed by atoms with Gasteiger partial charge in [-0.2, -0.15) is 0 Å². The fraction of sp³-hybridized carbons (Fsp3) is 0.467. The van der Waals surface area contributed by atoms with Gasteiger partial charge in [0.05, 0.1) is 18.1 Å². The van der Waals surface area contributed by atoms with E-state index in [9.17, 15) is 23.1 Å². The molecule has 1 aromatic carbocycles. The second-order valence-electron chi connectivity index (χ2n) is 5.41. The summed E-state index contributed by atoms with van der Waals surface area (Å²) < 4.78 is 31.7. The predicted octanol–water partition coefficient (Wildman–Crippen LogP) is 0.219. The van der Waals surface area contributed by atoms with Crippen molar-refractivity contribution in [2.45, 2.75) is 24.8 Å². The number of ether oxygens (including phenoxy) is 1. The van der Waals surface area contributed by atoms with Crippen LogP contribution in [0, 0.1) is 6.92 Å². The van der Waals surface area contributed by atoms with E-state index in [1.807, 2.05) is 0 Å². The van der Waals surface area contributed by atoms with Crippen molar-refractivity contribution in [1.29, 1.82) is 0 Å². The Bertz CT molecular complexity index is 746. The van der Waals surface area contributed by atoms with E-state index in [1.54, 1.807) is 13.8 Å². The highest BCUT2D eigenvalue weighted by atomic mass is 32.2. The smallest absolute Gasteiger partial charge is 0.328 e. The number of amides is 1. The minimum Gasteiger partial charge on any atom is -0.480 e. The summed E-state index contributed by atoms with van der Waals surface area (Å²) >= 11 is 0. The van der Waals surface area contributed by atoms with Crippen molar-refractivity contribution < 1.29 is 27.9 Å². The van der Waals surface area contributed by atoms with Crippen LogP contribution in [0.3, 0.4) is 0 Å². The van der Waals surface area contributed by atoms with Crippen LogP contribution in [-0.4, -0.2) is 62.6 Å². The van der Waals surface area contributed by atoms with E-state index >= 15 is 0 Å². The molecule has 2 N–H and O–H groups in total. The predicted molar refractivity (Wildman–Crippen MR) is 85.3 cm³/mol. The Morgan fingerprint density at radius 1 is 1.42 bits per heavy atom. The second-order valence-corrected chi connectivity index (χ2v) is 7.17. The molecular formula is C15H20N2O6S. The zero-order valence-electron chi connectivity index (χ0n) is 13.5. The summed E-state index contributed by atoms with van der Waals surface area (Å²) in [6.45, 7) is 3.85. The largest absolute Gasteiger partial charge is 0.480 e. The highest BCUT2D eigenvalue weighted by Crippen LogP contribution is 2.20. The van der Waals surface area contributed by atoms with Crippen molar-refractivity contribution in [1.82, 2.24) is 9.62 Å². The Morgan fingerprint density at radius 2 is 2.12 bits per heavy atom. The van der Waals surface area contributed by atoms with Crippen LogP contribution < -0.4 is 4.72 Å². The molecule has 1 aromatic rings. The molecule has 1 saturated heterocycles. The Labute approximate surface area is 140 Å². The van der Waals surface area contributed by atoms with Crippen molar-refractivity contribution in [2.75, 3.05) is 26.3 Å². The number of carboxylic acid groups (broad SMARTS) is 1. The van der Waals surface area contributed by atoms with Crippen molar-refractivity contribution >= 4 is 21.9 Å². The van der Waals surface area contributed by atoms with E-state index in [1.165, 1.54) is 23.1 Å². The lowest BCUT2D eigenvalue weighted by atomic mass is 10.1. The SMILES string of the molecule is CCNS(=O)(=O)c1ccc(C)c(C(=O)N2CCOCC2C(=O)O)c1. The summed E-state index contributed by atoms with van der Waals surface area (Å²) in [5.41, 5.74) is 0.744. The van der Waals surface area contributed by atoms with Crippen LogP contribution in [0.1, 0.15) is 22.8 Å². The van der Waals surface area contributed by atoms with Crippen molar-refractivity contribution in [2.24, 2.45) is 0 Å². The Kier molecular flexibility index (Phi) is 5.58. The van der Waals surface area contributed by atoms with Gasteiger partial charge in [0.1, 0.15) is 0 Å². The van der Waals surface area contributed by atoms with Crippen LogP contribution in [0.25, 0.3) is 0 Å². The normalized spacial score (nSPS) is 18.4. The summed E-state index contributed by atoms with van der Waals surface area (Å²) in [7, 11) is -3.71. The molecule has 0 saturated carbocycles. The maximum atomic E-state index is 12.8. The van der Waals surface area contributed by atoms with E-state index in [0.29, 0.717) is 5.56 Å². The van der Waals surface area contributed by atoms with Gasteiger partial charge < -0.3 is 14.7 Å². The molecule has 2 rings (SSSR count). The van der Waals surface area contributed by atoms with Crippen LogP contribution in [0.4, 0.5) is 0 Å². The summed E-state index contributed by atoms with van der Waals surface area (Å²) in [5.74, 6) is -1.67. The number of nitrogens with zero attached hydrogens (tertiary/aromatic N) is 1. The number of nitrogens with one attached hydrogen (secondary N) is 1. The first-order chi connectivity index (χ1) is 11.3. The third-order valence-corrected chi connectivity index (χ3v) is 5.30. The topological polar surface area (TPSA) is 113 Å². The van der Waals surface area contributed by atoms with Gasteiger partial charge in [-0.25, -0.2) is 17.9 Å². The lowest BCUT2D eigenvalue weighted by Gasteiger charge is -2.33. The molecule has 1 aliphatic rings. The second kappa shape index (κ2) is 7.29. The first kappa shape index (κ1) is 18.4. The number of benzene rings is 1. The number of sulfonamides is 1. The van der Waals surface area contributed by atoms with Gasteiger partial charge in [0.25, 0.3) is 5.91 Å². The summed E-state index contributed by atoms with van der Waals surface area (Å²) in [6, 6.07) is 3.15. The molecule has 8 nitrogen and oxygen atoms in total. The fourth-order valence-electron chi connectivity index (χ4n) is 2.48. The lowest BCUT2D eigenvalue weighted by molar-refractivity contribution is -0.147. The Morgan fingerprint density at radius 3 is 2.75 bits per heavy atom. The van der Waals surface area contributed by atoms with Crippen LogP contribution >= 0.6 is 0 Å². The number of hydrogen-bond donors (Lipinski definition) is 2. The highest BCUT2D eigenvalue weighted by Gasteiger charge is 2.34. The molecule has 9 heteroatoms. The number of hydrogen-bond acceptors (Lipinski definition) is 5.